The predicted octanol–water partition coefficient (Wildman–Crippen LogP) is 2.44. The van der Waals surface area contributed by atoms with Crippen LogP contribution in [0.1, 0.15) is 11.5 Å². The van der Waals surface area contributed by atoms with E-state index >= 15 is 0 Å². The molecule has 0 saturated carbocycles. The van der Waals surface area contributed by atoms with Crippen LogP contribution in [0.4, 0.5) is 0 Å². The molecule has 0 amide bonds. The highest BCUT2D eigenvalue weighted by molar-refractivity contribution is 5.85. The summed E-state index contributed by atoms with van der Waals surface area (Å²) < 4.78 is 5.42. The van der Waals surface area contributed by atoms with Crippen LogP contribution in [-0.4, -0.2) is 4.98 Å². The van der Waals surface area contributed by atoms with Gasteiger partial charge in [-0.15, -0.1) is 0 Å². The van der Waals surface area contributed by atoms with Gasteiger partial charge in [-0.3, -0.25) is 4.98 Å². The normalized spacial score (nSPS) is 10.7. The summed E-state index contributed by atoms with van der Waals surface area (Å²) in [5.74, 6) is 1.92. The Bertz CT molecular complexity index is 353. The summed E-state index contributed by atoms with van der Waals surface area (Å²) in [5, 5.41) is 2.28. The van der Waals surface area contributed by atoms with Crippen molar-refractivity contribution in [2.45, 2.75) is 13.8 Å². The lowest BCUT2D eigenvalue weighted by molar-refractivity contribution is 0.510. The second kappa shape index (κ2) is 2.09. The molecule has 2 heteroatoms. The van der Waals surface area contributed by atoms with Crippen molar-refractivity contribution in [1.82, 2.24) is 4.98 Å². The van der Waals surface area contributed by atoms with Crippen LogP contribution < -0.4 is 0 Å². The van der Waals surface area contributed by atoms with Crippen LogP contribution >= 0.6 is 0 Å². The Morgan fingerprint density at radius 2 is 1.91 bits per heavy atom. The number of aryl methyl sites for hydroxylation is 2. The molecule has 11 heavy (non-hydrogen) atoms. The molecule has 0 spiro atoms. The number of nitrogens with zero attached hydrogens (tertiary/aromatic N) is 1. The van der Waals surface area contributed by atoms with E-state index in [2.05, 4.69) is 4.98 Å². The van der Waals surface area contributed by atoms with Crippen LogP contribution in [0.25, 0.3) is 10.8 Å². The summed E-state index contributed by atoms with van der Waals surface area (Å²) >= 11 is 0. The van der Waals surface area contributed by atoms with E-state index in [4.69, 9.17) is 4.42 Å². The molecule has 2 heterocycles. The lowest BCUT2D eigenvalue weighted by Crippen LogP contribution is -1.70. The maximum absolute atomic E-state index is 5.42. The minimum absolute atomic E-state index is 0.950. The van der Waals surface area contributed by atoms with Gasteiger partial charge in [-0.25, -0.2) is 0 Å². The van der Waals surface area contributed by atoms with Crippen LogP contribution in [0, 0.1) is 13.8 Å². The molecule has 0 unspecified atom stereocenters. The van der Waals surface area contributed by atoms with Gasteiger partial charge in [0.2, 0.25) is 0 Å². The third kappa shape index (κ3) is 0.827. The van der Waals surface area contributed by atoms with Gasteiger partial charge in [-0.05, 0) is 19.9 Å². The van der Waals surface area contributed by atoms with E-state index in [1.807, 2.05) is 26.1 Å². The van der Waals surface area contributed by atoms with Crippen molar-refractivity contribution in [3.05, 3.63) is 30.0 Å². The molecule has 0 N–H and O–H groups in total. The number of furan rings is 1. The monoisotopic (exact) mass is 147 g/mol. The third-order valence-electron chi connectivity index (χ3n) is 1.89. The minimum Gasteiger partial charge on any atom is -0.465 e. The summed E-state index contributed by atoms with van der Waals surface area (Å²) in [4.78, 5) is 4.03. The van der Waals surface area contributed by atoms with E-state index in [1.54, 1.807) is 6.20 Å². The lowest BCUT2D eigenvalue weighted by atomic mass is 10.2. The predicted molar refractivity (Wildman–Crippen MR) is 43.5 cm³/mol. The van der Waals surface area contributed by atoms with Crippen LogP contribution in [0.15, 0.2) is 22.9 Å². The average molecular weight is 147 g/mol. The number of rotatable bonds is 0. The SMILES string of the molecule is Cc1oc(C)c2cnccc12. The molecule has 0 aliphatic carbocycles. The van der Waals surface area contributed by atoms with E-state index in [0.717, 1.165) is 22.3 Å². The van der Waals surface area contributed by atoms with Gasteiger partial charge in [0, 0.05) is 23.2 Å². The summed E-state index contributed by atoms with van der Waals surface area (Å²) in [6.07, 6.45) is 3.62. The Balaban J connectivity index is 2.95. The first-order chi connectivity index (χ1) is 5.29. The topological polar surface area (TPSA) is 26.0 Å². The van der Waals surface area contributed by atoms with Crippen molar-refractivity contribution in [3.8, 4) is 0 Å². The van der Waals surface area contributed by atoms with Crippen molar-refractivity contribution in [3.63, 3.8) is 0 Å². The van der Waals surface area contributed by atoms with Crippen molar-refractivity contribution in [1.29, 1.82) is 0 Å². The van der Waals surface area contributed by atoms with Gasteiger partial charge in [0.05, 0.1) is 0 Å². The number of fused-ring (bicyclic) bond motifs is 1. The molecule has 2 aromatic heterocycles. The molecular formula is C9H9NO. The largest absolute Gasteiger partial charge is 0.465 e. The maximum atomic E-state index is 5.42. The van der Waals surface area contributed by atoms with E-state index < -0.39 is 0 Å². The van der Waals surface area contributed by atoms with E-state index in [0.29, 0.717) is 0 Å². The zero-order chi connectivity index (χ0) is 7.84. The molecule has 0 fully saturated rings. The quantitative estimate of drug-likeness (QED) is 0.572. The summed E-state index contributed by atoms with van der Waals surface area (Å²) in [7, 11) is 0. The van der Waals surface area contributed by atoms with Gasteiger partial charge < -0.3 is 4.42 Å². The molecule has 2 nitrogen and oxygen atoms in total. The Morgan fingerprint density at radius 3 is 2.64 bits per heavy atom. The first kappa shape index (κ1) is 6.40. The van der Waals surface area contributed by atoms with Crippen LogP contribution in [0.3, 0.4) is 0 Å². The van der Waals surface area contributed by atoms with Gasteiger partial charge in [0.15, 0.2) is 0 Å². The van der Waals surface area contributed by atoms with Gasteiger partial charge in [-0.2, -0.15) is 0 Å². The van der Waals surface area contributed by atoms with Crippen LogP contribution in [0.5, 0.6) is 0 Å². The summed E-state index contributed by atoms with van der Waals surface area (Å²) in [6, 6.07) is 1.97. The molecule has 0 aliphatic rings. The zero-order valence-corrected chi connectivity index (χ0v) is 6.59. The number of hydrogen-bond acceptors (Lipinski definition) is 2. The molecule has 2 rings (SSSR count). The highest BCUT2D eigenvalue weighted by atomic mass is 16.3. The van der Waals surface area contributed by atoms with Crippen LogP contribution in [-0.2, 0) is 0 Å². The second-order valence-corrected chi connectivity index (χ2v) is 2.64. The molecule has 0 saturated heterocycles. The Labute approximate surface area is 64.9 Å². The van der Waals surface area contributed by atoms with Gasteiger partial charge in [0.1, 0.15) is 11.5 Å². The average Bonchev–Trinajstić information content (AvgIpc) is 2.30. The Kier molecular flexibility index (Phi) is 1.22. The molecule has 0 aromatic carbocycles. The summed E-state index contributed by atoms with van der Waals surface area (Å²) in [6.45, 7) is 3.92. The van der Waals surface area contributed by atoms with Crippen molar-refractivity contribution >= 4 is 10.8 Å². The van der Waals surface area contributed by atoms with Gasteiger partial charge in [0.25, 0.3) is 0 Å². The fourth-order valence-electron chi connectivity index (χ4n) is 1.32. The first-order valence-electron chi connectivity index (χ1n) is 3.59. The van der Waals surface area contributed by atoms with E-state index in [9.17, 15) is 0 Å². The van der Waals surface area contributed by atoms with Crippen LogP contribution in [0.2, 0.25) is 0 Å². The zero-order valence-electron chi connectivity index (χ0n) is 6.59. The third-order valence-corrected chi connectivity index (χ3v) is 1.89. The lowest BCUT2D eigenvalue weighted by Gasteiger charge is -1.85. The van der Waals surface area contributed by atoms with Gasteiger partial charge in [-0.1, -0.05) is 0 Å². The highest BCUT2D eigenvalue weighted by Gasteiger charge is 2.04. The van der Waals surface area contributed by atoms with E-state index in [1.165, 1.54) is 0 Å². The number of pyridine rings is 1. The Hall–Kier alpha value is -1.31. The smallest absolute Gasteiger partial charge is 0.110 e. The molecule has 2 aromatic rings. The molecule has 56 valence electrons. The first-order valence-corrected chi connectivity index (χ1v) is 3.59. The standard InChI is InChI=1S/C9H9NO/c1-6-8-3-4-10-5-9(8)7(2)11-6/h3-5H,1-2H3. The molecule has 0 bridgehead atoms. The second-order valence-electron chi connectivity index (χ2n) is 2.64. The molecule has 0 atom stereocenters. The Morgan fingerprint density at radius 1 is 1.18 bits per heavy atom. The van der Waals surface area contributed by atoms with E-state index in [-0.39, 0.29) is 0 Å². The number of aromatic nitrogens is 1. The van der Waals surface area contributed by atoms with Crippen molar-refractivity contribution in [2.24, 2.45) is 0 Å². The van der Waals surface area contributed by atoms with Crippen molar-refractivity contribution in [2.75, 3.05) is 0 Å². The highest BCUT2D eigenvalue weighted by Crippen LogP contribution is 2.22. The van der Waals surface area contributed by atoms with Crippen molar-refractivity contribution < 1.29 is 4.42 Å². The summed E-state index contributed by atoms with van der Waals surface area (Å²) in [5.41, 5.74) is 0. The molecular weight excluding hydrogens is 138 g/mol. The fourth-order valence-corrected chi connectivity index (χ4v) is 1.32. The fraction of sp³-hybridized carbons (Fsp3) is 0.222. The molecule has 0 radical (unpaired) electrons. The number of hydrogen-bond donors (Lipinski definition) is 0. The minimum atomic E-state index is 0.950. The molecule has 0 aliphatic heterocycles. The maximum Gasteiger partial charge on any atom is 0.110 e. The van der Waals surface area contributed by atoms with Gasteiger partial charge >= 0.3 is 0 Å².